The smallest absolute Gasteiger partial charge is 0.234 e. The molecule has 0 fully saturated rings. The highest BCUT2D eigenvalue weighted by Gasteiger charge is 2.11. The summed E-state index contributed by atoms with van der Waals surface area (Å²) in [6, 6.07) is 7.67. The molecule has 0 bridgehead atoms. The van der Waals surface area contributed by atoms with Gasteiger partial charge in [-0.15, -0.1) is 0 Å². The number of hydrogen-bond acceptors (Lipinski definition) is 3. The fraction of sp³-hybridized carbons (Fsp3) is 0.500. The second-order valence-corrected chi connectivity index (χ2v) is 5.09. The van der Waals surface area contributed by atoms with Crippen LogP contribution >= 0.6 is 11.6 Å². The molecule has 0 aliphatic heterocycles. The van der Waals surface area contributed by atoms with Gasteiger partial charge in [-0.05, 0) is 25.6 Å². The summed E-state index contributed by atoms with van der Waals surface area (Å²) in [6.45, 7) is 3.40. The van der Waals surface area contributed by atoms with Crippen molar-refractivity contribution >= 4 is 17.5 Å². The summed E-state index contributed by atoms with van der Waals surface area (Å²) >= 11 is 6.09. The first kappa shape index (κ1) is 16.0. The maximum Gasteiger partial charge on any atom is 0.234 e. The van der Waals surface area contributed by atoms with Crippen molar-refractivity contribution in [3.8, 4) is 0 Å². The van der Waals surface area contributed by atoms with E-state index in [1.165, 1.54) is 0 Å². The predicted molar refractivity (Wildman–Crippen MR) is 77.3 cm³/mol. The monoisotopic (exact) mass is 284 g/mol. The second kappa shape index (κ2) is 8.15. The van der Waals surface area contributed by atoms with Crippen LogP contribution in [0.4, 0.5) is 0 Å². The van der Waals surface area contributed by atoms with Crippen molar-refractivity contribution in [3.05, 3.63) is 34.9 Å². The second-order valence-electron chi connectivity index (χ2n) is 4.69. The number of nitrogens with one attached hydrogen (secondary N) is 1. The van der Waals surface area contributed by atoms with Crippen LogP contribution in [0.2, 0.25) is 5.02 Å². The van der Waals surface area contributed by atoms with Crippen LogP contribution in [0.15, 0.2) is 24.3 Å². The number of carbonyl (C=O) groups is 1. The molecule has 0 saturated carbocycles. The fourth-order valence-corrected chi connectivity index (χ4v) is 2.03. The molecular weight excluding hydrogens is 264 g/mol. The number of ether oxygens (including phenoxy) is 1. The van der Waals surface area contributed by atoms with Gasteiger partial charge >= 0.3 is 0 Å². The molecule has 4 nitrogen and oxygen atoms in total. The van der Waals surface area contributed by atoms with E-state index in [9.17, 15) is 4.79 Å². The van der Waals surface area contributed by atoms with Gasteiger partial charge in [-0.25, -0.2) is 0 Å². The van der Waals surface area contributed by atoms with Crippen molar-refractivity contribution in [2.24, 2.45) is 0 Å². The highest BCUT2D eigenvalue weighted by atomic mass is 35.5. The standard InChI is InChI=1S/C14H21ClN2O2/c1-11(10-19-3)16-14(18)9-17(2)8-12-6-4-5-7-13(12)15/h4-7,11H,8-10H2,1-3H3,(H,16,18)/t11-/m1/s1. The minimum absolute atomic E-state index is 0.0147. The average Bonchev–Trinajstić information content (AvgIpc) is 2.31. The largest absolute Gasteiger partial charge is 0.383 e. The number of nitrogens with zero attached hydrogens (tertiary/aromatic N) is 1. The number of amides is 1. The number of likely N-dealkylation sites (N-methyl/N-ethyl adjacent to an activating group) is 1. The molecule has 1 aromatic rings. The van der Waals surface area contributed by atoms with Crippen molar-refractivity contribution in [2.45, 2.75) is 19.5 Å². The molecule has 106 valence electrons. The first-order chi connectivity index (χ1) is 9.02. The third kappa shape index (κ3) is 6.05. The van der Waals surface area contributed by atoms with Crippen LogP contribution in [0.3, 0.4) is 0 Å². The Morgan fingerprint density at radius 1 is 1.47 bits per heavy atom. The van der Waals surface area contributed by atoms with Crippen LogP contribution in [-0.4, -0.2) is 44.2 Å². The van der Waals surface area contributed by atoms with Crippen LogP contribution in [-0.2, 0) is 16.1 Å². The summed E-state index contributed by atoms with van der Waals surface area (Å²) < 4.78 is 4.98. The molecule has 1 aromatic carbocycles. The Bertz CT molecular complexity index is 412. The van der Waals surface area contributed by atoms with E-state index in [2.05, 4.69) is 5.32 Å². The Morgan fingerprint density at radius 2 is 2.16 bits per heavy atom. The molecule has 19 heavy (non-hydrogen) atoms. The number of hydrogen-bond donors (Lipinski definition) is 1. The zero-order chi connectivity index (χ0) is 14.3. The van der Waals surface area contributed by atoms with E-state index >= 15 is 0 Å². The Balaban J connectivity index is 2.41. The van der Waals surface area contributed by atoms with Crippen molar-refractivity contribution in [3.63, 3.8) is 0 Å². The van der Waals surface area contributed by atoms with Gasteiger partial charge in [-0.1, -0.05) is 29.8 Å². The maximum atomic E-state index is 11.8. The molecule has 0 heterocycles. The van der Waals surface area contributed by atoms with E-state index < -0.39 is 0 Å². The van der Waals surface area contributed by atoms with E-state index in [0.717, 1.165) is 10.6 Å². The van der Waals surface area contributed by atoms with Crippen LogP contribution in [0, 0.1) is 0 Å². The SMILES string of the molecule is COC[C@@H](C)NC(=O)CN(C)Cc1ccccc1Cl. The van der Waals surface area contributed by atoms with Crippen LogP contribution in [0.25, 0.3) is 0 Å². The van der Waals surface area contributed by atoms with Gasteiger partial charge in [0.15, 0.2) is 0 Å². The molecular formula is C14H21ClN2O2. The molecule has 5 heteroatoms. The molecule has 0 aliphatic rings. The summed E-state index contributed by atoms with van der Waals surface area (Å²) in [5, 5.41) is 3.60. The van der Waals surface area contributed by atoms with Crippen molar-refractivity contribution in [1.29, 1.82) is 0 Å². The van der Waals surface area contributed by atoms with Gasteiger partial charge < -0.3 is 10.1 Å². The zero-order valence-electron chi connectivity index (χ0n) is 11.6. The van der Waals surface area contributed by atoms with Gasteiger partial charge in [0, 0.05) is 24.7 Å². The molecule has 1 amide bonds. The lowest BCUT2D eigenvalue weighted by Gasteiger charge is -2.19. The quantitative estimate of drug-likeness (QED) is 0.832. The van der Waals surface area contributed by atoms with Gasteiger partial charge in [-0.3, -0.25) is 9.69 Å². The molecule has 0 unspecified atom stereocenters. The van der Waals surface area contributed by atoms with Crippen molar-refractivity contribution in [2.75, 3.05) is 27.3 Å². The summed E-state index contributed by atoms with van der Waals surface area (Å²) in [5.74, 6) is -0.0147. The van der Waals surface area contributed by atoms with Gasteiger partial charge in [0.05, 0.1) is 13.2 Å². The molecule has 1 rings (SSSR count). The Kier molecular flexibility index (Phi) is 6.84. The summed E-state index contributed by atoms with van der Waals surface area (Å²) in [4.78, 5) is 13.7. The van der Waals surface area contributed by atoms with E-state index in [4.69, 9.17) is 16.3 Å². The summed E-state index contributed by atoms with van der Waals surface area (Å²) in [6.07, 6.45) is 0. The minimum atomic E-state index is -0.0147. The number of halogens is 1. The first-order valence-corrected chi connectivity index (χ1v) is 6.61. The molecule has 0 aliphatic carbocycles. The van der Waals surface area contributed by atoms with Crippen LogP contribution < -0.4 is 5.32 Å². The lowest BCUT2D eigenvalue weighted by Crippen LogP contribution is -2.41. The fourth-order valence-electron chi connectivity index (χ4n) is 1.83. The Morgan fingerprint density at radius 3 is 2.79 bits per heavy atom. The van der Waals surface area contributed by atoms with Crippen LogP contribution in [0.1, 0.15) is 12.5 Å². The van der Waals surface area contributed by atoms with Crippen LogP contribution in [0.5, 0.6) is 0 Å². The number of carbonyl (C=O) groups excluding carboxylic acids is 1. The van der Waals surface area contributed by atoms with Gasteiger partial charge in [0.2, 0.25) is 5.91 Å². The minimum Gasteiger partial charge on any atom is -0.383 e. The van der Waals surface area contributed by atoms with E-state index in [-0.39, 0.29) is 11.9 Å². The lowest BCUT2D eigenvalue weighted by atomic mass is 10.2. The Labute approximate surface area is 119 Å². The summed E-state index contributed by atoms with van der Waals surface area (Å²) in [7, 11) is 3.51. The maximum absolute atomic E-state index is 11.8. The number of rotatable bonds is 7. The third-order valence-electron chi connectivity index (χ3n) is 2.64. The highest BCUT2D eigenvalue weighted by Crippen LogP contribution is 2.16. The van der Waals surface area contributed by atoms with Crippen molar-refractivity contribution in [1.82, 2.24) is 10.2 Å². The van der Waals surface area contributed by atoms with Gasteiger partial charge in [-0.2, -0.15) is 0 Å². The summed E-state index contributed by atoms with van der Waals surface area (Å²) in [5.41, 5.74) is 1.02. The van der Waals surface area contributed by atoms with Gasteiger partial charge in [0.25, 0.3) is 0 Å². The molecule has 0 saturated heterocycles. The number of benzene rings is 1. The topological polar surface area (TPSA) is 41.6 Å². The molecule has 0 aromatic heterocycles. The predicted octanol–water partition coefficient (Wildman–Crippen LogP) is 1.92. The van der Waals surface area contributed by atoms with E-state index in [1.807, 2.05) is 43.1 Å². The van der Waals surface area contributed by atoms with E-state index in [0.29, 0.717) is 19.7 Å². The normalized spacial score (nSPS) is 12.5. The lowest BCUT2D eigenvalue weighted by molar-refractivity contribution is -0.123. The first-order valence-electron chi connectivity index (χ1n) is 6.23. The highest BCUT2D eigenvalue weighted by molar-refractivity contribution is 6.31. The average molecular weight is 285 g/mol. The molecule has 1 atom stereocenters. The van der Waals surface area contributed by atoms with Crippen molar-refractivity contribution < 1.29 is 9.53 Å². The molecule has 1 N–H and O–H groups in total. The van der Waals surface area contributed by atoms with Gasteiger partial charge in [0.1, 0.15) is 0 Å². The molecule has 0 spiro atoms. The zero-order valence-corrected chi connectivity index (χ0v) is 12.4. The molecule has 0 radical (unpaired) electrons. The van der Waals surface area contributed by atoms with E-state index in [1.54, 1.807) is 7.11 Å². The number of methoxy groups -OCH3 is 1. The third-order valence-corrected chi connectivity index (χ3v) is 3.00. The Hall–Kier alpha value is -1.10.